The van der Waals surface area contributed by atoms with Gasteiger partial charge >= 0.3 is 6.03 Å². The van der Waals surface area contributed by atoms with Gasteiger partial charge in [-0.3, -0.25) is 0 Å². The number of nitrogens with zero attached hydrogens (tertiary/aromatic N) is 4. The minimum atomic E-state index is -0.125. The largest absolute Gasteiger partial charge is 0.354 e. The molecule has 3 heterocycles. The molecular formula is C20H20Cl2N6O. The first kappa shape index (κ1) is 18.5. The number of aromatic amines is 1. The SMILES string of the molecule is CN(c1ncnc2[nH]ccc12)C1CN(C(=O)Nc2ccc(Cl)c(Cl)c2)CC12CC2. The molecule has 1 aromatic carbocycles. The monoisotopic (exact) mass is 430 g/mol. The summed E-state index contributed by atoms with van der Waals surface area (Å²) >= 11 is 12.0. The van der Waals surface area contributed by atoms with Crippen molar-refractivity contribution in [1.29, 1.82) is 0 Å². The number of amides is 2. The summed E-state index contributed by atoms with van der Waals surface area (Å²) < 4.78 is 0. The molecule has 150 valence electrons. The number of anilines is 2. The van der Waals surface area contributed by atoms with Gasteiger partial charge in [-0.15, -0.1) is 0 Å². The number of carbonyl (C=O) groups is 1. The lowest BCUT2D eigenvalue weighted by Gasteiger charge is -2.30. The molecule has 0 bridgehead atoms. The number of nitrogens with one attached hydrogen (secondary N) is 2. The van der Waals surface area contributed by atoms with Gasteiger partial charge in [-0.1, -0.05) is 23.2 Å². The Morgan fingerprint density at radius 2 is 2.10 bits per heavy atom. The van der Waals surface area contributed by atoms with Gasteiger partial charge in [0, 0.05) is 37.4 Å². The van der Waals surface area contributed by atoms with Crippen LogP contribution in [0, 0.1) is 5.41 Å². The van der Waals surface area contributed by atoms with Gasteiger partial charge in [-0.2, -0.15) is 0 Å². The number of carbonyl (C=O) groups excluding carboxylic acids is 1. The van der Waals surface area contributed by atoms with Crippen molar-refractivity contribution in [3.05, 3.63) is 46.8 Å². The third kappa shape index (κ3) is 3.18. The maximum Gasteiger partial charge on any atom is 0.321 e. The van der Waals surface area contributed by atoms with Gasteiger partial charge in [-0.25, -0.2) is 14.8 Å². The number of benzene rings is 1. The van der Waals surface area contributed by atoms with Gasteiger partial charge in [0.25, 0.3) is 0 Å². The molecule has 7 nitrogen and oxygen atoms in total. The number of hydrogen-bond acceptors (Lipinski definition) is 4. The van der Waals surface area contributed by atoms with Crippen molar-refractivity contribution in [2.24, 2.45) is 5.41 Å². The minimum absolute atomic E-state index is 0.122. The van der Waals surface area contributed by atoms with E-state index in [0.29, 0.717) is 22.3 Å². The Morgan fingerprint density at radius 1 is 1.28 bits per heavy atom. The lowest BCUT2D eigenvalue weighted by atomic mass is 9.99. The van der Waals surface area contributed by atoms with Gasteiger partial charge in [0.1, 0.15) is 17.8 Å². The van der Waals surface area contributed by atoms with E-state index in [1.54, 1.807) is 24.5 Å². The van der Waals surface area contributed by atoms with Crippen LogP contribution in [0.2, 0.25) is 10.0 Å². The van der Waals surface area contributed by atoms with E-state index in [4.69, 9.17) is 23.2 Å². The fourth-order valence-electron chi connectivity index (χ4n) is 4.36. The topological polar surface area (TPSA) is 77.2 Å². The lowest BCUT2D eigenvalue weighted by Crippen LogP contribution is -2.40. The number of urea groups is 1. The zero-order valence-electron chi connectivity index (χ0n) is 15.8. The second kappa shape index (κ2) is 6.78. The molecule has 1 saturated heterocycles. The summed E-state index contributed by atoms with van der Waals surface area (Å²) in [7, 11) is 2.06. The van der Waals surface area contributed by atoms with Crippen LogP contribution >= 0.6 is 23.2 Å². The average Bonchev–Trinajstić information content (AvgIpc) is 3.14. The Labute approximate surface area is 178 Å². The normalized spacial score (nSPS) is 19.7. The third-order valence-corrected chi connectivity index (χ3v) is 6.83. The molecule has 0 radical (unpaired) electrons. The van der Waals surface area contributed by atoms with Crippen molar-refractivity contribution in [3.8, 4) is 0 Å². The summed E-state index contributed by atoms with van der Waals surface area (Å²) in [5, 5.41) is 4.81. The molecule has 5 rings (SSSR count). The van der Waals surface area contributed by atoms with Crippen molar-refractivity contribution < 1.29 is 4.79 Å². The Kier molecular flexibility index (Phi) is 4.33. The summed E-state index contributed by atoms with van der Waals surface area (Å²) in [6.07, 6.45) is 5.67. The van der Waals surface area contributed by atoms with Crippen LogP contribution < -0.4 is 10.2 Å². The predicted octanol–water partition coefficient (Wildman–Crippen LogP) is 4.40. The number of likely N-dealkylation sites (N-methyl/N-ethyl adjacent to an activating group) is 1. The zero-order chi connectivity index (χ0) is 20.2. The number of aromatic nitrogens is 3. The number of H-pyrrole nitrogens is 1. The van der Waals surface area contributed by atoms with Gasteiger partial charge in [0.15, 0.2) is 0 Å². The standard InChI is InChI=1S/C20H20Cl2N6O/c1-27(18-13-4-7-23-17(13)24-11-25-18)16-9-28(10-20(16)5-6-20)19(29)26-12-2-3-14(21)15(22)8-12/h2-4,7-8,11,16H,5-6,9-10H2,1H3,(H,26,29)(H,23,24,25). The first-order chi connectivity index (χ1) is 14.0. The van der Waals surface area contributed by atoms with Gasteiger partial charge < -0.3 is 20.1 Å². The molecule has 9 heteroatoms. The molecule has 2 fully saturated rings. The molecule has 2 aromatic heterocycles. The molecule has 2 N–H and O–H groups in total. The van der Waals surface area contributed by atoms with Crippen LogP contribution in [0.15, 0.2) is 36.8 Å². The highest BCUT2D eigenvalue weighted by Crippen LogP contribution is 2.55. The van der Waals surface area contributed by atoms with Gasteiger partial charge in [-0.05, 0) is 37.1 Å². The lowest BCUT2D eigenvalue weighted by molar-refractivity contribution is 0.220. The molecule has 1 atom stereocenters. The van der Waals surface area contributed by atoms with Crippen LogP contribution in [0.1, 0.15) is 12.8 Å². The Hall–Kier alpha value is -2.51. The van der Waals surface area contributed by atoms with Crippen molar-refractivity contribution in [2.45, 2.75) is 18.9 Å². The Morgan fingerprint density at radius 3 is 2.86 bits per heavy atom. The number of hydrogen-bond donors (Lipinski definition) is 2. The van der Waals surface area contributed by atoms with E-state index in [1.165, 1.54) is 0 Å². The molecule has 3 aromatic rings. The summed E-state index contributed by atoms with van der Waals surface area (Å²) in [4.78, 5) is 28.9. The first-order valence-electron chi connectivity index (χ1n) is 9.49. The number of likely N-dealkylation sites (tertiary alicyclic amines) is 1. The highest BCUT2D eigenvalue weighted by atomic mass is 35.5. The van der Waals surface area contributed by atoms with Crippen LogP contribution in [0.4, 0.5) is 16.3 Å². The number of halogens is 2. The smallest absolute Gasteiger partial charge is 0.321 e. The average molecular weight is 431 g/mol. The second-order valence-electron chi connectivity index (χ2n) is 7.87. The van der Waals surface area contributed by atoms with E-state index < -0.39 is 0 Å². The molecule has 2 amide bonds. The van der Waals surface area contributed by atoms with Crippen LogP contribution in [0.5, 0.6) is 0 Å². The van der Waals surface area contributed by atoms with E-state index in [9.17, 15) is 4.79 Å². The number of fused-ring (bicyclic) bond motifs is 1. The predicted molar refractivity (Wildman–Crippen MR) is 115 cm³/mol. The van der Waals surface area contributed by atoms with Crippen LogP contribution in [0.25, 0.3) is 11.0 Å². The molecule has 1 aliphatic heterocycles. The van der Waals surface area contributed by atoms with Crippen LogP contribution in [0.3, 0.4) is 0 Å². The van der Waals surface area contributed by atoms with E-state index in [1.807, 2.05) is 17.2 Å². The fraction of sp³-hybridized carbons (Fsp3) is 0.350. The van der Waals surface area contributed by atoms with Crippen molar-refractivity contribution in [1.82, 2.24) is 19.9 Å². The highest BCUT2D eigenvalue weighted by Gasteiger charge is 2.57. The molecule has 1 aliphatic carbocycles. The summed E-state index contributed by atoms with van der Waals surface area (Å²) in [5.74, 6) is 0.888. The highest BCUT2D eigenvalue weighted by molar-refractivity contribution is 6.42. The Balaban J connectivity index is 1.36. The van der Waals surface area contributed by atoms with Gasteiger partial charge in [0.2, 0.25) is 0 Å². The molecule has 1 unspecified atom stereocenters. The van der Waals surface area contributed by atoms with Crippen LogP contribution in [-0.2, 0) is 0 Å². The summed E-state index contributed by atoms with van der Waals surface area (Å²) in [5.41, 5.74) is 1.58. The molecular weight excluding hydrogens is 411 g/mol. The van der Waals surface area contributed by atoms with E-state index in [2.05, 4.69) is 32.2 Å². The minimum Gasteiger partial charge on any atom is -0.354 e. The first-order valence-corrected chi connectivity index (χ1v) is 10.2. The molecule has 2 aliphatic rings. The van der Waals surface area contributed by atoms with Crippen LogP contribution in [-0.4, -0.2) is 52.1 Å². The van der Waals surface area contributed by atoms with Crippen molar-refractivity contribution >= 4 is 51.8 Å². The summed E-state index contributed by atoms with van der Waals surface area (Å²) in [6, 6.07) is 7.17. The summed E-state index contributed by atoms with van der Waals surface area (Å²) in [6.45, 7) is 1.37. The van der Waals surface area contributed by atoms with E-state index in [0.717, 1.165) is 36.2 Å². The zero-order valence-corrected chi connectivity index (χ0v) is 17.3. The number of rotatable bonds is 3. The van der Waals surface area contributed by atoms with Crippen molar-refractivity contribution in [3.63, 3.8) is 0 Å². The van der Waals surface area contributed by atoms with Crippen molar-refractivity contribution in [2.75, 3.05) is 30.4 Å². The molecule has 29 heavy (non-hydrogen) atoms. The van der Waals surface area contributed by atoms with Gasteiger partial charge in [0.05, 0.1) is 21.5 Å². The van der Waals surface area contributed by atoms with E-state index >= 15 is 0 Å². The maximum absolute atomic E-state index is 12.9. The Bertz CT molecular complexity index is 1100. The maximum atomic E-state index is 12.9. The third-order valence-electron chi connectivity index (χ3n) is 6.09. The van der Waals surface area contributed by atoms with E-state index in [-0.39, 0.29) is 17.5 Å². The molecule has 1 saturated carbocycles. The fourth-order valence-corrected chi connectivity index (χ4v) is 4.65. The second-order valence-corrected chi connectivity index (χ2v) is 8.68. The quantitative estimate of drug-likeness (QED) is 0.645. The molecule has 1 spiro atoms.